The lowest BCUT2D eigenvalue weighted by Gasteiger charge is -2.05. The van der Waals surface area contributed by atoms with Crippen molar-refractivity contribution in [1.29, 1.82) is 0 Å². The van der Waals surface area contributed by atoms with Crippen LogP contribution in [0.5, 0.6) is 0 Å². The molecule has 96 valence electrons. The van der Waals surface area contributed by atoms with Gasteiger partial charge in [0.1, 0.15) is 0 Å². The summed E-state index contributed by atoms with van der Waals surface area (Å²) in [6.45, 7) is 7.91. The van der Waals surface area contributed by atoms with E-state index in [9.17, 15) is 0 Å². The van der Waals surface area contributed by atoms with E-state index in [0.717, 1.165) is 35.4 Å². The lowest BCUT2D eigenvalue weighted by Crippen LogP contribution is -2.06. The number of hydrogen-bond acceptors (Lipinski definition) is 2. The Kier molecular flexibility index (Phi) is 4.33. The maximum absolute atomic E-state index is 5.52. The molecule has 1 N–H and O–H groups in total. The third-order valence-corrected chi connectivity index (χ3v) is 3.18. The zero-order valence-corrected chi connectivity index (χ0v) is 11.4. The van der Waals surface area contributed by atoms with Crippen LogP contribution in [0.15, 0.2) is 30.9 Å². The van der Waals surface area contributed by atoms with Gasteiger partial charge in [-0.3, -0.25) is 0 Å². The van der Waals surface area contributed by atoms with Gasteiger partial charge in [0.05, 0.1) is 24.2 Å². The van der Waals surface area contributed by atoms with Crippen LogP contribution < -0.4 is 0 Å². The average Bonchev–Trinajstić information content (AvgIpc) is 2.64. The number of rotatable bonds is 6. The van der Waals surface area contributed by atoms with E-state index < -0.39 is 0 Å². The van der Waals surface area contributed by atoms with Crippen molar-refractivity contribution in [3.8, 4) is 0 Å². The molecule has 0 bridgehead atoms. The fraction of sp³-hybridized carbons (Fsp3) is 0.357. The van der Waals surface area contributed by atoms with Crippen LogP contribution in [0.1, 0.15) is 12.0 Å². The van der Waals surface area contributed by atoms with Gasteiger partial charge in [0, 0.05) is 6.54 Å². The van der Waals surface area contributed by atoms with Crippen LogP contribution in [-0.2, 0) is 11.3 Å². The number of ether oxygens (including phenoxy) is 1. The van der Waals surface area contributed by atoms with E-state index in [1.54, 1.807) is 0 Å². The van der Waals surface area contributed by atoms with Crippen LogP contribution >= 0.6 is 12.2 Å². The van der Waals surface area contributed by atoms with Gasteiger partial charge in [-0.25, -0.2) is 0 Å². The number of nitrogens with one attached hydrogen (secondary N) is 1. The van der Waals surface area contributed by atoms with Crippen molar-refractivity contribution in [3.63, 3.8) is 0 Å². The van der Waals surface area contributed by atoms with Gasteiger partial charge in [0.15, 0.2) is 4.77 Å². The number of aryl methyl sites for hydroxylation is 1. The molecule has 0 aliphatic carbocycles. The SMILES string of the molecule is C=CCCOCCn1c(=S)[nH]c2cc(C)ccc21. The minimum Gasteiger partial charge on any atom is -0.379 e. The number of fused-ring (bicyclic) bond motifs is 1. The highest BCUT2D eigenvalue weighted by Crippen LogP contribution is 2.15. The van der Waals surface area contributed by atoms with Crippen molar-refractivity contribution in [2.45, 2.75) is 19.9 Å². The largest absolute Gasteiger partial charge is 0.379 e. The first-order valence-corrected chi connectivity index (χ1v) is 6.51. The third-order valence-electron chi connectivity index (χ3n) is 2.86. The number of aromatic nitrogens is 2. The Labute approximate surface area is 112 Å². The highest BCUT2D eigenvalue weighted by Gasteiger charge is 2.03. The molecule has 0 amide bonds. The standard InChI is InChI=1S/C14H18N2OS/c1-3-4-8-17-9-7-16-13-6-5-11(2)10-12(13)15-14(16)18/h3,5-6,10H,1,4,7-9H2,2H3,(H,15,18). The molecule has 1 aromatic heterocycles. The zero-order valence-electron chi connectivity index (χ0n) is 10.6. The van der Waals surface area contributed by atoms with E-state index in [1.165, 1.54) is 5.56 Å². The lowest BCUT2D eigenvalue weighted by molar-refractivity contribution is 0.131. The van der Waals surface area contributed by atoms with Gasteiger partial charge < -0.3 is 14.3 Å². The second-order valence-corrected chi connectivity index (χ2v) is 4.68. The summed E-state index contributed by atoms with van der Waals surface area (Å²) >= 11 is 5.33. The lowest BCUT2D eigenvalue weighted by atomic mass is 10.2. The molecular weight excluding hydrogens is 244 g/mol. The topological polar surface area (TPSA) is 29.9 Å². The summed E-state index contributed by atoms with van der Waals surface area (Å²) in [5, 5.41) is 0. The molecule has 4 heteroatoms. The van der Waals surface area contributed by atoms with Gasteiger partial charge >= 0.3 is 0 Å². The summed E-state index contributed by atoms with van der Waals surface area (Å²) in [7, 11) is 0. The quantitative estimate of drug-likeness (QED) is 0.490. The number of H-pyrrole nitrogens is 1. The van der Waals surface area contributed by atoms with E-state index in [0.29, 0.717) is 6.61 Å². The van der Waals surface area contributed by atoms with Crippen molar-refractivity contribution in [2.75, 3.05) is 13.2 Å². The molecule has 0 aliphatic rings. The second-order valence-electron chi connectivity index (χ2n) is 4.29. The van der Waals surface area contributed by atoms with Crippen molar-refractivity contribution >= 4 is 23.3 Å². The molecule has 0 unspecified atom stereocenters. The Morgan fingerprint density at radius 3 is 3.06 bits per heavy atom. The summed E-state index contributed by atoms with van der Waals surface area (Å²) < 4.78 is 8.36. The first kappa shape index (κ1) is 13.1. The molecule has 2 aromatic rings. The molecular formula is C14H18N2OS. The van der Waals surface area contributed by atoms with Gasteiger partial charge in [0.25, 0.3) is 0 Å². The Morgan fingerprint density at radius 1 is 1.44 bits per heavy atom. The van der Waals surface area contributed by atoms with Crippen LogP contribution in [0.3, 0.4) is 0 Å². The van der Waals surface area contributed by atoms with Crippen LogP contribution in [-0.4, -0.2) is 22.8 Å². The van der Waals surface area contributed by atoms with Crippen molar-refractivity contribution < 1.29 is 4.74 Å². The molecule has 1 heterocycles. The van der Waals surface area contributed by atoms with Crippen molar-refractivity contribution in [2.24, 2.45) is 0 Å². The van der Waals surface area contributed by atoms with Gasteiger partial charge in [-0.15, -0.1) is 6.58 Å². The Hall–Kier alpha value is -1.39. The Balaban J connectivity index is 2.10. The Morgan fingerprint density at radius 2 is 2.28 bits per heavy atom. The number of aromatic amines is 1. The van der Waals surface area contributed by atoms with Crippen LogP contribution in [0.4, 0.5) is 0 Å². The molecule has 0 radical (unpaired) electrons. The molecule has 0 fully saturated rings. The van der Waals surface area contributed by atoms with E-state index >= 15 is 0 Å². The highest BCUT2D eigenvalue weighted by molar-refractivity contribution is 7.71. The van der Waals surface area contributed by atoms with Crippen molar-refractivity contribution in [1.82, 2.24) is 9.55 Å². The van der Waals surface area contributed by atoms with Gasteiger partial charge in [0.2, 0.25) is 0 Å². The predicted octanol–water partition coefficient (Wildman–Crippen LogP) is 3.60. The monoisotopic (exact) mass is 262 g/mol. The van der Waals surface area contributed by atoms with E-state index in [2.05, 4.69) is 41.3 Å². The highest BCUT2D eigenvalue weighted by atomic mass is 32.1. The fourth-order valence-corrected chi connectivity index (χ4v) is 2.22. The van der Waals surface area contributed by atoms with Gasteiger partial charge in [-0.1, -0.05) is 12.1 Å². The van der Waals surface area contributed by atoms with Crippen LogP contribution in [0.2, 0.25) is 0 Å². The van der Waals surface area contributed by atoms with Gasteiger partial charge in [-0.2, -0.15) is 0 Å². The van der Waals surface area contributed by atoms with Gasteiger partial charge in [-0.05, 0) is 43.3 Å². The molecule has 0 atom stereocenters. The normalized spacial score (nSPS) is 10.9. The molecule has 18 heavy (non-hydrogen) atoms. The third kappa shape index (κ3) is 2.89. The molecule has 0 aliphatic heterocycles. The fourth-order valence-electron chi connectivity index (χ4n) is 1.92. The molecule has 0 saturated heterocycles. The molecule has 3 nitrogen and oxygen atoms in total. The maximum atomic E-state index is 5.52. The average molecular weight is 262 g/mol. The summed E-state index contributed by atoms with van der Waals surface area (Å²) in [6, 6.07) is 6.31. The van der Waals surface area contributed by atoms with E-state index in [1.807, 2.05) is 6.08 Å². The number of hydrogen-bond donors (Lipinski definition) is 1. The minimum atomic E-state index is 0.670. The number of benzene rings is 1. The summed E-state index contributed by atoms with van der Waals surface area (Å²) in [4.78, 5) is 3.23. The Bertz CT molecular complexity index is 597. The van der Waals surface area contributed by atoms with Crippen LogP contribution in [0.25, 0.3) is 11.0 Å². The number of imidazole rings is 1. The summed E-state index contributed by atoms with van der Waals surface area (Å²) in [5.74, 6) is 0. The van der Waals surface area contributed by atoms with Crippen molar-refractivity contribution in [3.05, 3.63) is 41.2 Å². The molecule has 1 aromatic carbocycles. The smallest absolute Gasteiger partial charge is 0.178 e. The predicted molar refractivity (Wildman–Crippen MR) is 77.5 cm³/mol. The summed E-state index contributed by atoms with van der Waals surface area (Å²) in [5.41, 5.74) is 3.46. The molecule has 2 rings (SSSR count). The van der Waals surface area contributed by atoms with Crippen LogP contribution in [0, 0.1) is 11.7 Å². The van der Waals surface area contributed by atoms with E-state index in [-0.39, 0.29) is 0 Å². The molecule has 0 saturated carbocycles. The zero-order chi connectivity index (χ0) is 13.0. The van der Waals surface area contributed by atoms with E-state index in [4.69, 9.17) is 17.0 Å². The maximum Gasteiger partial charge on any atom is 0.178 e. The molecule has 0 spiro atoms. The second kappa shape index (κ2) is 5.98. The number of nitrogens with zero attached hydrogens (tertiary/aromatic N) is 1. The first-order chi connectivity index (χ1) is 8.72. The first-order valence-electron chi connectivity index (χ1n) is 6.10. The summed E-state index contributed by atoms with van der Waals surface area (Å²) in [6.07, 6.45) is 2.75. The minimum absolute atomic E-state index is 0.670.